The first-order valence-electron chi connectivity index (χ1n) is 6.66. The predicted octanol–water partition coefficient (Wildman–Crippen LogP) is 2.38. The topological polar surface area (TPSA) is 72.4 Å². The number of rotatable bonds is 6. The number of sulfonamides is 1. The summed E-state index contributed by atoms with van der Waals surface area (Å²) in [4.78, 5) is 7.48. The highest BCUT2D eigenvalue weighted by molar-refractivity contribution is 7.92. The van der Waals surface area contributed by atoms with Crippen LogP contribution in [-0.4, -0.2) is 37.4 Å². The molecule has 0 atom stereocenters. The fourth-order valence-electron chi connectivity index (χ4n) is 1.98. The van der Waals surface area contributed by atoms with Gasteiger partial charge < -0.3 is 4.74 Å². The van der Waals surface area contributed by atoms with E-state index >= 15 is 0 Å². The number of halogens is 3. The molecular weight excluding hydrogens is 347 g/mol. The number of anilines is 1. The van der Waals surface area contributed by atoms with Gasteiger partial charge in [0.1, 0.15) is 12.1 Å². The third-order valence-electron chi connectivity index (χ3n) is 2.96. The fraction of sp³-hybridized carbons (Fsp3) is 0.286. The first-order valence-corrected chi connectivity index (χ1v) is 8.27. The van der Waals surface area contributed by atoms with Gasteiger partial charge in [-0.05, 0) is 12.1 Å². The second-order valence-electron chi connectivity index (χ2n) is 4.83. The van der Waals surface area contributed by atoms with Crippen LogP contribution in [0, 0.1) is 0 Å². The Labute approximate surface area is 137 Å². The number of alkyl halides is 3. The molecule has 0 unspecified atom stereocenters. The number of benzene rings is 1. The highest BCUT2D eigenvalue weighted by Crippen LogP contribution is 2.28. The Kier molecular flexibility index (Phi) is 5.27. The van der Waals surface area contributed by atoms with E-state index in [1.807, 2.05) is 0 Å². The molecule has 2 aromatic rings. The first-order chi connectivity index (χ1) is 11.2. The summed E-state index contributed by atoms with van der Waals surface area (Å²) in [5, 5.41) is 0. The van der Waals surface area contributed by atoms with Gasteiger partial charge in [-0.25, -0.2) is 18.4 Å². The molecule has 2 rings (SSSR count). The number of aromatic nitrogens is 2. The average molecular weight is 361 g/mol. The van der Waals surface area contributed by atoms with Crippen LogP contribution in [-0.2, 0) is 16.6 Å². The number of hydrogen-bond donors (Lipinski definition) is 0. The summed E-state index contributed by atoms with van der Waals surface area (Å²) < 4.78 is 68.2. The minimum Gasteiger partial charge on any atom is -0.497 e. The van der Waals surface area contributed by atoms with E-state index in [9.17, 15) is 21.6 Å². The van der Waals surface area contributed by atoms with E-state index in [4.69, 9.17) is 4.74 Å². The molecule has 0 spiro atoms. The van der Waals surface area contributed by atoms with Gasteiger partial charge in [0.2, 0.25) is 10.0 Å². The molecule has 130 valence electrons. The molecule has 0 N–H and O–H groups in total. The lowest BCUT2D eigenvalue weighted by Crippen LogP contribution is -2.37. The molecule has 0 aliphatic rings. The molecule has 10 heteroatoms. The molecule has 0 amide bonds. The zero-order valence-corrected chi connectivity index (χ0v) is 13.4. The summed E-state index contributed by atoms with van der Waals surface area (Å²) >= 11 is 0. The van der Waals surface area contributed by atoms with E-state index in [0.29, 0.717) is 15.6 Å². The van der Waals surface area contributed by atoms with Crippen LogP contribution in [0.5, 0.6) is 5.75 Å². The lowest BCUT2D eigenvalue weighted by atomic mass is 10.2. The van der Waals surface area contributed by atoms with Gasteiger partial charge in [0, 0.05) is 24.0 Å². The molecule has 1 aromatic carbocycles. The maximum Gasteiger partial charge on any atom is 0.404 e. The van der Waals surface area contributed by atoms with Crippen LogP contribution in [0.2, 0.25) is 0 Å². The minimum absolute atomic E-state index is 0.0578. The van der Waals surface area contributed by atoms with Crippen LogP contribution in [0.15, 0.2) is 43.0 Å². The normalized spacial score (nSPS) is 12.0. The van der Waals surface area contributed by atoms with Crippen molar-refractivity contribution in [3.05, 3.63) is 48.5 Å². The SMILES string of the molecule is COc1cccc(N(Cc2cncnc2)S(=O)(=O)CC(F)(F)F)c1. The van der Waals surface area contributed by atoms with Crippen LogP contribution in [0.25, 0.3) is 0 Å². The Morgan fingerprint density at radius 2 is 1.88 bits per heavy atom. The van der Waals surface area contributed by atoms with Crippen molar-refractivity contribution < 1.29 is 26.3 Å². The van der Waals surface area contributed by atoms with E-state index in [1.165, 1.54) is 44.0 Å². The van der Waals surface area contributed by atoms with Crippen molar-refractivity contribution in [3.63, 3.8) is 0 Å². The molecule has 0 aliphatic heterocycles. The highest BCUT2D eigenvalue weighted by Gasteiger charge is 2.38. The summed E-state index contributed by atoms with van der Waals surface area (Å²) in [6, 6.07) is 5.79. The maximum atomic E-state index is 12.7. The Morgan fingerprint density at radius 1 is 1.21 bits per heavy atom. The smallest absolute Gasteiger partial charge is 0.404 e. The summed E-state index contributed by atoms with van der Waals surface area (Å²) in [7, 11) is -3.29. The van der Waals surface area contributed by atoms with Crippen molar-refractivity contribution in [3.8, 4) is 5.75 Å². The van der Waals surface area contributed by atoms with Crippen molar-refractivity contribution in [2.45, 2.75) is 12.7 Å². The van der Waals surface area contributed by atoms with Crippen molar-refractivity contribution in [1.29, 1.82) is 0 Å². The van der Waals surface area contributed by atoms with Gasteiger partial charge in [-0.2, -0.15) is 13.2 Å². The molecule has 6 nitrogen and oxygen atoms in total. The monoisotopic (exact) mass is 361 g/mol. The Bertz CT molecular complexity index is 783. The van der Waals surface area contributed by atoms with E-state index in [1.54, 1.807) is 6.07 Å². The summed E-state index contributed by atoms with van der Waals surface area (Å²) in [5.41, 5.74) is 0.411. The summed E-state index contributed by atoms with van der Waals surface area (Å²) in [5.74, 6) is -1.64. The molecule has 1 heterocycles. The van der Waals surface area contributed by atoms with Gasteiger partial charge in [0.15, 0.2) is 5.75 Å². The predicted molar refractivity (Wildman–Crippen MR) is 81.1 cm³/mol. The largest absolute Gasteiger partial charge is 0.497 e. The van der Waals surface area contributed by atoms with Gasteiger partial charge in [0.05, 0.1) is 19.3 Å². The molecule has 24 heavy (non-hydrogen) atoms. The van der Waals surface area contributed by atoms with E-state index in [0.717, 1.165) is 0 Å². The fourth-order valence-corrected chi connectivity index (χ4v) is 3.33. The third kappa shape index (κ3) is 4.82. The van der Waals surface area contributed by atoms with Crippen molar-refractivity contribution in [1.82, 2.24) is 9.97 Å². The maximum absolute atomic E-state index is 12.7. The number of nitrogens with zero attached hydrogens (tertiary/aromatic N) is 3. The highest BCUT2D eigenvalue weighted by atomic mass is 32.2. The molecule has 0 radical (unpaired) electrons. The zero-order valence-electron chi connectivity index (χ0n) is 12.6. The Morgan fingerprint density at radius 3 is 2.46 bits per heavy atom. The number of ether oxygens (including phenoxy) is 1. The molecular formula is C14H14F3N3O3S. The van der Waals surface area contributed by atoms with Gasteiger partial charge >= 0.3 is 6.18 Å². The molecule has 0 saturated carbocycles. The van der Waals surface area contributed by atoms with Crippen molar-refractivity contribution in [2.24, 2.45) is 0 Å². The van der Waals surface area contributed by atoms with Crippen LogP contribution >= 0.6 is 0 Å². The Balaban J connectivity index is 2.44. The van der Waals surface area contributed by atoms with Crippen LogP contribution in [0.4, 0.5) is 18.9 Å². The third-order valence-corrected chi connectivity index (χ3v) is 4.67. The minimum atomic E-state index is -4.86. The van der Waals surface area contributed by atoms with Gasteiger partial charge in [-0.3, -0.25) is 4.31 Å². The standard InChI is InChI=1S/C14H14F3N3O3S/c1-23-13-4-2-3-12(5-13)20(8-11-6-18-10-19-7-11)24(21,22)9-14(15,16)17/h2-7,10H,8-9H2,1H3. The number of hydrogen-bond acceptors (Lipinski definition) is 5. The molecule has 0 fully saturated rings. The van der Waals surface area contributed by atoms with Crippen LogP contribution < -0.4 is 9.04 Å². The second kappa shape index (κ2) is 7.04. The van der Waals surface area contributed by atoms with Crippen LogP contribution in [0.1, 0.15) is 5.56 Å². The van der Waals surface area contributed by atoms with Crippen LogP contribution in [0.3, 0.4) is 0 Å². The second-order valence-corrected chi connectivity index (χ2v) is 6.72. The van der Waals surface area contributed by atoms with Gasteiger partial charge in [0.25, 0.3) is 0 Å². The summed E-state index contributed by atoms with van der Waals surface area (Å²) in [6.45, 7) is -0.327. The molecule has 1 aromatic heterocycles. The quantitative estimate of drug-likeness (QED) is 0.790. The zero-order chi connectivity index (χ0) is 17.8. The van der Waals surface area contributed by atoms with Crippen molar-refractivity contribution in [2.75, 3.05) is 17.2 Å². The van der Waals surface area contributed by atoms with E-state index in [2.05, 4.69) is 9.97 Å². The lowest BCUT2D eigenvalue weighted by molar-refractivity contribution is -0.106. The molecule has 0 saturated heterocycles. The Hall–Kier alpha value is -2.36. The molecule has 0 bridgehead atoms. The van der Waals surface area contributed by atoms with E-state index in [-0.39, 0.29) is 12.2 Å². The average Bonchev–Trinajstić information content (AvgIpc) is 2.51. The van der Waals surface area contributed by atoms with Gasteiger partial charge in [-0.15, -0.1) is 0 Å². The molecule has 0 aliphatic carbocycles. The van der Waals surface area contributed by atoms with E-state index < -0.39 is 22.0 Å². The lowest BCUT2D eigenvalue weighted by Gasteiger charge is -2.25. The number of methoxy groups -OCH3 is 1. The first kappa shape index (κ1) is 18.0. The van der Waals surface area contributed by atoms with Crippen molar-refractivity contribution >= 4 is 15.7 Å². The summed E-state index contributed by atoms with van der Waals surface area (Å²) in [6.07, 6.45) is -0.945. The van der Waals surface area contributed by atoms with Gasteiger partial charge in [-0.1, -0.05) is 6.07 Å².